The fourth-order valence-corrected chi connectivity index (χ4v) is 3.72. The van der Waals surface area contributed by atoms with E-state index >= 15 is 0 Å². The van der Waals surface area contributed by atoms with Crippen molar-refractivity contribution in [3.05, 3.63) is 51.5 Å². The van der Waals surface area contributed by atoms with Crippen LogP contribution in [0.3, 0.4) is 0 Å². The Hall–Kier alpha value is -2.21. The highest BCUT2D eigenvalue weighted by Crippen LogP contribution is 2.30. The highest BCUT2D eigenvalue weighted by atomic mass is 32.1. The van der Waals surface area contributed by atoms with Crippen LogP contribution in [0.15, 0.2) is 29.6 Å². The minimum absolute atomic E-state index is 0.360. The fourth-order valence-electron chi connectivity index (χ4n) is 2.60. The van der Waals surface area contributed by atoms with E-state index in [9.17, 15) is 14.0 Å². The zero-order chi connectivity index (χ0) is 16.2. The summed E-state index contributed by atoms with van der Waals surface area (Å²) < 4.78 is 17.9. The van der Waals surface area contributed by atoms with Gasteiger partial charge in [-0.3, -0.25) is 4.79 Å². The fraction of sp³-hybridized carbons (Fsp3) is 0.294. The molecule has 120 valence electrons. The maximum atomic E-state index is 12.8. The number of hydrogen-bond donors (Lipinski definition) is 1. The summed E-state index contributed by atoms with van der Waals surface area (Å²) in [6.07, 6.45) is 4.14. The second-order valence-corrected chi connectivity index (χ2v) is 6.35. The molecule has 0 unspecified atom stereocenters. The Kier molecular flexibility index (Phi) is 4.71. The molecule has 3 rings (SSSR count). The predicted octanol–water partition coefficient (Wildman–Crippen LogP) is 3.56. The van der Waals surface area contributed by atoms with Gasteiger partial charge in [-0.2, -0.15) is 0 Å². The first-order valence-corrected chi connectivity index (χ1v) is 8.33. The molecule has 1 amide bonds. The van der Waals surface area contributed by atoms with Crippen molar-refractivity contribution in [2.45, 2.75) is 25.7 Å². The Bertz CT molecular complexity index is 724. The molecule has 0 atom stereocenters. The number of halogens is 1. The molecule has 1 N–H and O–H groups in total. The molecule has 1 aromatic carbocycles. The third kappa shape index (κ3) is 3.76. The van der Waals surface area contributed by atoms with Crippen molar-refractivity contribution in [1.29, 1.82) is 0 Å². The lowest BCUT2D eigenvalue weighted by atomic mass is 9.96. The molecule has 0 bridgehead atoms. The number of esters is 1. The first-order valence-electron chi connectivity index (χ1n) is 7.45. The normalized spacial score (nSPS) is 13.3. The third-order valence-corrected chi connectivity index (χ3v) is 4.83. The van der Waals surface area contributed by atoms with Crippen molar-refractivity contribution >= 4 is 28.9 Å². The number of amides is 1. The summed E-state index contributed by atoms with van der Waals surface area (Å²) in [5.74, 6) is -1.29. The molecule has 0 saturated heterocycles. The Morgan fingerprint density at radius 3 is 2.70 bits per heavy atom. The number of benzene rings is 1. The van der Waals surface area contributed by atoms with Crippen LogP contribution in [0.25, 0.3) is 0 Å². The molecule has 0 saturated carbocycles. The molecule has 1 aromatic heterocycles. The molecule has 2 aromatic rings. The highest BCUT2D eigenvalue weighted by Gasteiger charge is 2.21. The molecule has 0 radical (unpaired) electrons. The van der Waals surface area contributed by atoms with Crippen LogP contribution in [-0.4, -0.2) is 18.5 Å². The monoisotopic (exact) mass is 333 g/mol. The van der Waals surface area contributed by atoms with Gasteiger partial charge in [-0.05, 0) is 55.5 Å². The molecular weight excluding hydrogens is 317 g/mol. The molecule has 0 spiro atoms. The Morgan fingerprint density at radius 2 is 1.91 bits per heavy atom. The molecule has 23 heavy (non-hydrogen) atoms. The predicted molar refractivity (Wildman–Crippen MR) is 86.3 cm³/mol. The number of carbonyl (C=O) groups excluding carboxylic acids is 2. The molecule has 1 aliphatic carbocycles. The van der Waals surface area contributed by atoms with E-state index in [4.69, 9.17) is 4.74 Å². The number of thiophene rings is 1. The summed E-state index contributed by atoms with van der Waals surface area (Å²) in [5, 5.41) is 4.37. The van der Waals surface area contributed by atoms with E-state index in [-0.39, 0.29) is 12.4 Å². The summed E-state index contributed by atoms with van der Waals surface area (Å²) in [4.78, 5) is 25.2. The molecule has 0 aliphatic heterocycles. The quantitative estimate of drug-likeness (QED) is 0.871. The largest absolute Gasteiger partial charge is 0.452 e. The lowest BCUT2D eigenvalue weighted by molar-refractivity contribution is -0.119. The van der Waals surface area contributed by atoms with Crippen molar-refractivity contribution in [1.82, 2.24) is 0 Å². The standard InChI is InChI=1S/C17H16FNO3S/c18-11-5-7-12(8-6-11)19-16(20)9-22-17(21)14-10-23-15-4-2-1-3-13(14)15/h5-8,10H,1-4,9H2,(H,19,20). The first-order chi connectivity index (χ1) is 11.1. The lowest BCUT2D eigenvalue weighted by Crippen LogP contribution is -2.21. The number of ether oxygens (including phenoxy) is 1. The number of anilines is 1. The first kappa shape index (κ1) is 15.7. The summed E-state index contributed by atoms with van der Waals surface area (Å²) >= 11 is 1.58. The van der Waals surface area contributed by atoms with Crippen LogP contribution in [0.2, 0.25) is 0 Å². The minimum Gasteiger partial charge on any atom is -0.452 e. The van der Waals surface area contributed by atoms with Crippen molar-refractivity contribution in [3.8, 4) is 0 Å². The number of carbonyl (C=O) groups is 2. The van der Waals surface area contributed by atoms with E-state index < -0.39 is 11.9 Å². The van der Waals surface area contributed by atoms with Crippen LogP contribution >= 0.6 is 11.3 Å². The van der Waals surface area contributed by atoms with Gasteiger partial charge in [0.05, 0.1) is 5.56 Å². The molecule has 1 heterocycles. The van der Waals surface area contributed by atoms with Crippen LogP contribution in [0.5, 0.6) is 0 Å². The maximum absolute atomic E-state index is 12.8. The molecule has 1 aliphatic rings. The van der Waals surface area contributed by atoms with Gasteiger partial charge < -0.3 is 10.1 Å². The van der Waals surface area contributed by atoms with Gasteiger partial charge in [-0.1, -0.05) is 0 Å². The van der Waals surface area contributed by atoms with Gasteiger partial charge in [0.1, 0.15) is 5.82 Å². The van der Waals surface area contributed by atoms with Gasteiger partial charge in [0.25, 0.3) is 5.91 Å². The van der Waals surface area contributed by atoms with E-state index in [1.165, 1.54) is 29.1 Å². The summed E-state index contributed by atoms with van der Waals surface area (Å²) in [7, 11) is 0. The lowest BCUT2D eigenvalue weighted by Gasteiger charge is -2.12. The van der Waals surface area contributed by atoms with E-state index in [1.54, 1.807) is 11.3 Å². The molecule has 4 nitrogen and oxygen atoms in total. The minimum atomic E-state index is -0.460. The number of aryl methyl sites for hydroxylation is 1. The molecule has 6 heteroatoms. The zero-order valence-electron chi connectivity index (χ0n) is 12.4. The van der Waals surface area contributed by atoms with Gasteiger partial charge >= 0.3 is 5.97 Å². The second-order valence-electron chi connectivity index (χ2n) is 5.39. The molecular formula is C17H16FNO3S. The Morgan fingerprint density at radius 1 is 1.17 bits per heavy atom. The van der Waals surface area contributed by atoms with E-state index in [2.05, 4.69) is 5.32 Å². The number of hydrogen-bond acceptors (Lipinski definition) is 4. The Balaban J connectivity index is 1.55. The van der Waals surface area contributed by atoms with E-state index in [0.717, 1.165) is 31.2 Å². The smallest absolute Gasteiger partial charge is 0.339 e. The summed E-state index contributed by atoms with van der Waals surface area (Å²) in [5.41, 5.74) is 2.12. The van der Waals surface area contributed by atoms with E-state index in [1.807, 2.05) is 5.38 Å². The van der Waals surface area contributed by atoms with Crippen LogP contribution in [0, 0.1) is 5.82 Å². The summed E-state index contributed by atoms with van der Waals surface area (Å²) in [6, 6.07) is 5.40. The number of nitrogens with one attached hydrogen (secondary N) is 1. The van der Waals surface area contributed by atoms with Crippen LogP contribution in [0.4, 0.5) is 10.1 Å². The maximum Gasteiger partial charge on any atom is 0.339 e. The SMILES string of the molecule is O=C(COC(=O)c1csc2c1CCCC2)Nc1ccc(F)cc1. The van der Waals surface area contributed by atoms with Gasteiger partial charge in [0.15, 0.2) is 6.61 Å². The topological polar surface area (TPSA) is 55.4 Å². The van der Waals surface area contributed by atoms with Crippen molar-refractivity contribution in [2.24, 2.45) is 0 Å². The third-order valence-electron chi connectivity index (χ3n) is 3.74. The summed E-state index contributed by atoms with van der Waals surface area (Å²) in [6.45, 7) is -0.360. The second kappa shape index (κ2) is 6.91. The Labute approximate surface area is 137 Å². The van der Waals surface area contributed by atoms with E-state index in [0.29, 0.717) is 11.3 Å². The van der Waals surface area contributed by atoms with Crippen molar-refractivity contribution in [3.63, 3.8) is 0 Å². The molecule has 0 fully saturated rings. The van der Waals surface area contributed by atoms with Crippen LogP contribution in [-0.2, 0) is 22.4 Å². The van der Waals surface area contributed by atoms with Gasteiger partial charge in [0, 0.05) is 15.9 Å². The average Bonchev–Trinajstić information content (AvgIpc) is 2.99. The zero-order valence-corrected chi connectivity index (χ0v) is 13.2. The van der Waals surface area contributed by atoms with Gasteiger partial charge in [-0.15, -0.1) is 11.3 Å². The van der Waals surface area contributed by atoms with Crippen LogP contribution in [0.1, 0.15) is 33.6 Å². The number of fused-ring (bicyclic) bond motifs is 1. The number of rotatable bonds is 4. The van der Waals surface area contributed by atoms with Gasteiger partial charge in [0.2, 0.25) is 0 Å². The van der Waals surface area contributed by atoms with Crippen molar-refractivity contribution in [2.75, 3.05) is 11.9 Å². The average molecular weight is 333 g/mol. The van der Waals surface area contributed by atoms with Gasteiger partial charge in [-0.25, -0.2) is 9.18 Å². The van der Waals surface area contributed by atoms with Crippen molar-refractivity contribution < 1.29 is 18.7 Å². The van der Waals surface area contributed by atoms with Crippen LogP contribution < -0.4 is 5.32 Å². The highest BCUT2D eigenvalue weighted by molar-refractivity contribution is 7.10.